The highest BCUT2D eigenvalue weighted by molar-refractivity contribution is 7.19. The highest BCUT2D eigenvalue weighted by Crippen LogP contribution is 2.36. The van der Waals surface area contributed by atoms with Gasteiger partial charge in [-0.15, -0.1) is 11.3 Å². The van der Waals surface area contributed by atoms with Gasteiger partial charge in [0.05, 0.1) is 37.4 Å². The Morgan fingerprint density at radius 2 is 2.10 bits per heavy atom. The predicted molar refractivity (Wildman–Crippen MR) is 118 cm³/mol. The fourth-order valence-corrected chi connectivity index (χ4v) is 5.63. The SMILES string of the molecule is C[NH+](C)CCCNc1nc2nnnn2c2sc3c(c12)CC[NH+](Cc1ccccc1)C3. The molecule has 156 valence electrons. The molecular formula is C21H28N8S+2. The number of rotatable bonds is 7. The van der Waals surface area contributed by atoms with Gasteiger partial charge in [0.15, 0.2) is 0 Å². The molecule has 1 aliphatic rings. The molecule has 4 aromatic rings. The number of nitrogens with zero attached hydrogens (tertiary/aromatic N) is 5. The van der Waals surface area contributed by atoms with Crippen molar-refractivity contribution in [1.29, 1.82) is 0 Å². The highest BCUT2D eigenvalue weighted by Gasteiger charge is 2.27. The molecule has 4 heterocycles. The van der Waals surface area contributed by atoms with Crippen molar-refractivity contribution in [2.24, 2.45) is 0 Å². The summed E-state index contributed by atoms with van der Waals surface area (Å²) in [6.45, 7) is 5.26. The predicted octanol–water partition coefficient (Wildman–Crippen LogP) is -0.178. The van der Waals surface area contributed by atoms with Crippen molar-refractivity contribution in [2.75, 3.05) is 39.0 Å². The summed E-state index contributed by atoms with van der Waals surface area (Å²) in [5.41, 5.74) is 2.82. The molecule has 0 radical (unpaired) electrons. The summed E-state index contributed by atoms with van der Waals surface area (Å²) in [7, 11) is 4.37. The van der Waals surface area contributed by atoms with E-state index in [9.17, 15) is 0 Å². The Hall–Kier alpha value is -2.62. The molecule has 0 amide bonds. The third-order valence-electron chi connectivity index (χ3n) is 5.75. The molecule has 0 saturated heterocycles. The summed E-state index contributed by atoms with van der Waals surface area (Å²) in [5.74, 6) is 1.50. The molecule has 0 saturated carbocycles. The van der Waals surface area contributed by atoms with Crippen LogP contribution in [0, 0.1) is 0 Å². The fraction of sp³-hybridized carbons (Fsp3) is 0.429. The smallest absolute Gasteiger partial charge is 0.276 e. The number of quaternary nitrogens is 2. The van der Waals surface area contributed by atoms with E-state index in [1.165, 1.54) is 26.3 Å². The van der Waals surface area contributed by atoms with E-state index in [0.29, 0.717) is 5.78 Å². The molecule has 1 aromatic carbocycles. The van der Waals surface area contributed by atoms with Gasteiger partial charge in [0.1, 0.15) is 23.7 Å². The normalized spacial score (nSPS) is 16.4. The molecule has 30 heavy (non-hydrogen) atoms. The molecule has 3 aromatic heterocycles. The van der Waals surface area contributed by atoms with E-state index in [-0.39, 0.29) is 0 Å². The second-order valence-electron chi connectivity index (χ2n) is 8.36. The topological polar surface area (TPSA) is 76.9 Å². The molecule has 0 bridgehead atoms. The lowest BCUT2D eigenvalue weighted by atomic mass is 10.0. The summed E-state index contributed by atoms with van der Waals surface area (Å²) in [5, 5.41) is 17.0. The van der Waals surface area contributed by atoms with Gasteiger partial charge in [0, 0.05) is 24.9 Å². The number of tetrazole rings is 1. The summed E-state index contributed by atoms with van der Waals surface area (Å²) < 4.78 is 1.80. The lowest BCUT2D eigenvalue weighted by Crippen LogP contribution is -3.10. The van der Waals surface area contributed by atoms with Gasteiger partial charge in [-0.05, 0) is 16.0 Å². The highest BCUT2D eigenvalue weighted by atomic mass is 32.1. The Morgan fingerprint density at radius 3 is 2.93 bits per heavy atom. The molecule has 1 aliphatic heterocycles. The van der Waals surface area contributed by atoms with E-state index in [1.54, 1.807) is 9.42 Å². The number of aromatic nitrogens is 5. The van der Waals surface area contributed by atoms with E-state index >= 15 is 0 Å². The monoisotopic (exact) mass is 424 g/mol. The number of fused-ring (bicyclic) bond motifs is 5. The minimum absolute atomic E-state index is 0.565. The van der Waals surface area contributed by atoms with Crippen molar-refractivity contribution in [3.05, 3.63) is 46.3 Å². The Labute approximate surface area is 179 Å². The second kappa shape index (κ2) is 8.25. The van der Waals surface area contributed by atoms with Crippen LogP contribution in [0.3, 0.4) is 0 Å². The van der Waals surface area contributed by atoms with Gasteiger partial charge in [-0.1, -0.05) is 35.4 Å². The van der Waals surface area contributed by atoms with E-state index < -0.39 is 0 Å². The van der Waals surface area contributed by atoms with Crippen molar-refractivity contribution in [1.82, 2.24) is 25.0 Å². The van der Waals surface area contributed by atoms with Gasteiger partial charge in [-0.3, -0.25) is 0 Å². The first-order valence-electron chi connectivity index (χ1n) is 10.6. The van der Waals surface area contributed by atoms with Crippen molar-refractivity contribution in [3.8, 4) is 0 Å². The van der Waals surface area contributed by atoms with Crippen LogP contribution in [-0.4, -0.2) is 58.8 Å². The number of benzene rings is 1. The van der Waals surface area contributed by atoms with Gasteiger partial charge in [0.25, 0.3) is 5.78 Å². The molecule has 0 aliphatic carbocycles. The van der Waals surface area contributed by atoms with E-state index in [4.69, 9.17) is 4.98 Å². The average molecular weight is 425 g/mol. The van der Waals surface area contributed by atoms with Gasteiger partial charge < -0.3 is 15.1 Å². The van der Waals surface area contributed by atoms with Crippen LogP contribution in [0.5, 0.6) is 0 Å². The Kier molecular flexibility index (Phi) is 5.32. The zero-order valence-corrected chi connectivity index (χ0v) is 18.3. The van der Waals surface area contributed by atoms with Gasteiger partial charge in [0.2, 0.25) is 0 Å². The number of hydrogen-bond donors (Lipinski definition) is 3. The van der Waals surface area contributed by atoms with E-state index in [0.717, 1.165) is 56.2 Å². The molecule has 1 atom stereocenters. The van der Waals surface area contributed by atoms with Crippen LogP contribution in [0.4, 0.5) is 5.82 Å². The average Bonchev–Trinajstić information content (AvgIpc) is 3.35. The lowest BCUT2D eigenvalue weighted by molar-refractivity contribution is -0.929. The van der Waals surface area contributed by atoms with Crippen molar-refractivity contribution >= 4 is 33.1 Å². The van der Waals surface area contributed by atoms with Gasteiger partial charge in [-0.2, -0.15) is 9.50 Å². The maximum absolute atomic E-state index is 4.76. The van der Waals surface area contributed by atoms with Gasteiger partial charge in [-0.25, -0.2) is 0 Å². The molecule has 5 rings (SSSR count). The summed E-state index contributed by atoms with van der Waals surface area (Å²) in [6, 6.07) is 10.8. The largest absolute Gasteiger partial charge is 0.369 e. The minimum Gasteiger partial charge on any atom is -0.369 e. The second-order valence-corrected chi connectivity index (χ2v) is 9.45. The van der Waals surface area contributed by atoms with Crippen LogP contribution in [0.2, 0.25) is 0 Å². The Bertz CT molecular complexity index is 1150. The van der Waals surface area contributed by atoms with Crippen LogP contribution in [-0.2, 0) is 19.5 Å². The summed E-state index contributed by atoms with van der Waals surface area (Å²) in [6.07, 6.45) is 2.16. The molecule has 8 nitrogen and oxygen atoms in total. The minimum atomic E-state index is 0.565. The first-order valence-corrected chi connectivity index (χ1v) is 11.4. The molecule has 0 spiro atoms. The first kappa shape index (κ1) is 19.3. The van der Waals surface area contributed by atoms with Crippen molar-refractivity contribution < 1.29 is 9.80 Å². The zero-order chi connectivity index (χ0) is 20.5. The van der Waals surface area contributed by atoms with Crippen LogP contribution < -0.4 is 15.1 Å². The first-order chi connectivity index (χ1) is 14.7. The standard InChI is InChI=1S/C21H26N8S/c1-27(2)11-6-10-22-19-18-16-9-12-28(13-15-7-4-3-5-8-15)14-17(16)30-20(18)29-21(23-19)24-25-26-29/h3-5,7-8H,6,9-14H2,1-2H3,(H,22,23,24,26)/p+2. The third kappa shape index (κ3) is 3.76. The maximum Gasteiger partial charge on any atom is 0.276 e. The third-order valence-corrected chi connectivity index (χ3v) is 6.96. The van der Waals surface area contributed by atoms with E-state index in [1.807, 2.05) is 11.3 Å². The number of anilines is 1. The molecular weight excluding hydrogens is 396 g/mol. The number of thiophene rings is 1. The zero-order valence-electron chi connectivity index (χ0n) is 17.5. The van der Waals surface area contributed by atoms with Crippen molar-refractivity contribution in [3.63, 3.8) is 0 Å². The van der Waals surface area contributed by atoms with Crippen LogP contribution >= 0.6 is 11.3 Å². The molecule has 0 fully saturated rings. The molecule has 3 N–H and O–H groups in total. The Balaban J connectivity index is 1.45. The maximum atomic E-state index is 4.76. The number of hydrogen-bond acceptors (Lipinski definition) is 6. The quantitative estimate of drug-likeness (QED) is 0.359. The number of nitrogens with one attached hydrogen (secondary N) is 3. The fourth-order valence-electron chi connectivity index (χ4n) is 4.27. The molecule has 1 unspecified atom stereocenters. The van der Waals surface area contributed by atoms with Gasteiger partial charge >= 0.3 is 0 Å². The van der Waals surface area contributed by atoms with Crippen LogP contribution in [0.1, 0.15) is 22.4 Å². The lowest BCUT2D eigenvalue weighted by Gasteiger charge is -2.24. The van der Waals surface area contributed by atoms with E-state index in [2.05, 4.69) is 65.3 Å². The summed E-state index contributed by atoms with van der Waals surface area (Å²) in [4.78, 5) is 10.4. The Morgan fingerprint density at radius 1 is 1.23 bits per heavy atom. The van der Waals surface area contributed by atoms with Crippen LogP contribution in [0.25, 0.3) is 16.0 Å². The molecule has 9 heteroatoms. The summed E-state index contributed by atoms with van der Waals surface area (Å²) >= 11 is 1.82. The van der Waals surface area contributed by atoms with Crippen molar-refractivity contribution in [2.45, 2.75) is 25.9 Å². The van der Waals surface area contributed by atoms with Crippen LogP contribution in [0.15, 0.2) is 30.3 Å².